The molecule has 0 aromatic heterocycles. The van der Waals surface area contributed by atoms with Crippen molar-refractivity contribution in [3.05, 3.63) is 0 Å². The van der Waals surface area contributed by atoms with Crippen molar-refractivity contribution in [1.82, 2.24) is 4.90 Å². The first-order chi connectivity index (χ1) is 7.10. The quantitative estimate of drug-likeness (QED) is 0.645. The number of ether oxygens (including phenoxy) is 2. The van der Waals surface area contributed by atoms with E-state index in [9.17, 15) is 14.7 Å². The first-order valence-electron chi connectivity index (χ1n) is 4.79. The molecular weight excluding hydrogens is 202 g/mol. The number of aliphatic hydroxyl groups excluding tert-OH is 1. The van der Waals surface area contributed by atoms with Gasteiger partial charge in [-0.3, -0.25) is 4.90 Å². The number of β-amino-alcohol motifs (C(OH)–C–C–N with tert-alkyl or cyclic N) is 1. The lowest BCUT2D eigenvalue weighted by Crippen LogP contribution is -2.41. The molecule has 1 fully saturated rings. The van der Waals surface area contributed by atoms with E-state index < -0.39 is 24.2 Å². The number of methoxy groups -OCH3 is 1. The van der Waals surface area contributed by atoms with Crippen LogP contribution in [-0.4, -0.2) is 54.5 Å². The molecule has 1 amide bonds. The number of hydrogen-bond donors (Lipinski definition) is 1. The fourth-order valence-corrected chi connectivity index (χ4v) is 1.58. The minimum absolute atomic E-state index is 0.110. The van der Waals surface area contributed by atoms with Gasteiger partial charge in [0.1, 0.15) is 6.04 Å². The Morgan fingerprint density at radius 2 is 2.20 bits per heavy atom. The molecule has 6 heteroatoms. The van der Waals surface area contributed by atoms with Crippen LogP contribution in [0.4, 0.5) is 4.79 Å². The van der Waals surface area contributed by atoms with Gasteiger partial charge in [-0.15, -0.1) is 0 Å². The van der Waals surface area contributed by atoms with Crippen molar-refractivity contribution in [2.45, 2.75) is 25.5 Å². The Hall–Kier alpha value is -1.30. The second kappa shape index (κ2) is 4.97. The van der Waals surface area contributed by atoms with Crippen LogP contribution in [0.15, 0.2) is 0 Å². The summed E-state index contributed by atoms with van der Waals surface area (Å²) in [5, 5.41) is 9.37. The van der Waals surface area contributed by atoms with Crippen LogP contribution in [0, 0.1) is 0 Å². The van der Waals surface area contributed by atoms with E-state index in [0.29, 0.717) is 0 Å². The van der Waals surface area contributed by atoms with Crippen molar-refractivity contribution in [3.8, 4) is 0 Å². The van der Waals surface area contributed by atoms with E-state index in [4.69, 9.17) is 4.74 Å². The maximum atomic E-state index is 11.4. The Balaban J connectivity index is 2.68. The van der Waals surface area contributed by atoms with Crippen LogP contribution < -0.4 is 0 Å². The van der Waals surface area contributed by atoms with Gasteiger partial charge in [-0.2, -0.15) is 0 Å². The van der Waals surface area contributed by atoms with Gasteiger partial charge in [0.2, 0.25) is 0 Å². The zero-order valence-electron chi connectivity index (χ0n) is 8.80. The van der Waals surface area contributed by atoms with Crippen LogP contribution in [0.2, 0.25) is 0 Å². The molecule has 1 rings (SSSR count). The van der Waals surface area contributed by atoms with E-state index in [1.165, 1.54) is 12.0 Å². The van der Waals surface area contributed by atoms with Crippen molar-refractivity contribution < 1.29 is 24.2 Å². The Bertz CT molecular complexity index is 255. The summed E-state index contributed by atoms with van der Waals surface area (Å²) >= 11 is 0. The zero-order valence-corrected chi connectivity index (χ0v) is 8.80. The number of carbonyl (C=O) groups is 2. The molecule has 0 spiro atoms. The number of nitrogens with zero attached hydrogens (tertiary/aromatic N) is 1. The van der Waals surface area contributed by atoms with Gasteiger partial charge < -0.3 is 14.6 Å². The lowest BCUT2D eigenvalue weighted by molar-refractivity contribution is -0.145. The molecule has 0 radical (unpaired) electrons. The standard InChI is InChI=1S/C9H15NO5/c1-3-15-9(13)10-5-6(11)4-7(10)8(12)14-2/h6-7,11H,3-5H2,1-2H3/t6-,7-/m1/s1. The highest BCUT2D eigenvalue weighted by Crippen LogP contribution is 2.19. The number of rotatable bonds is 2. The molecule has 86 valence electrons. The molecule has 1 N–H and O–H groups in total. The molecule has 0 bridgehead atoms. The topological polar surface area (TPSA) is 76.1 Å². The van der Waals surface area contributed by atoms with Gasteiger partial charge in [0.25, 0.3) is 0 Å². The average Bonchev–Trinajstić information content (AvgIpc) is 2.59. The summed E-state index contributed by atoms with van der Waals surface area (Å²) in [5.74, 6) is -0.528. The van der Waals surface area contributed by atoms with Crippen LogP contribution in [0.25, 0.3) is 0 Å². The fourth-order valence-electron chi connectivity index (χ4n) is 1.58. The van der Waals surface area contributed by atoms with E-state index in [2.05, 4.69) is 4.74 Å². The van der Waals surface area contributed by atoms with Crippen LogP contribution in [0.5, 0.6) is 0 Å². The molecular formula is C9H15NO5. The molecule has 1 saturated heterocycles. The third-order valence-electron chi connectivity index (χ3n) is 2.25. The fraction of sp³-hybridized carbons (Fsp3) is 0.778. The van der Waals surface area contributed by atoms with Gasteiger partial charge >= 0.3 is 12.1 Å². The maximum absolute atomic E-state index is 11.4. The summed E-state index contributed by atoms with van der Waals surface area (Å²) in [5.41, 5.74) is 0. The third-order valence-corrected chi connectivity index (χ3v) is 2.25. The minimum atomic E-state index is -0.732. The third kappa shape index (κ3) is 2.59. The molecule has 2 atom stereocenters. The summed E-state index contributed by atoms with van der Waals surface area (Å²) in [7, 11) is 1.25. The minimum Gasteiger partial charge on any atom is -0.467 e. The lowest BCUT2D eigenvalue weighted by atomic mass is 10.2. The highest BCUT2D eigenvalue weighted by Gasteiger charge is 2.40. The van der Waals surface area contributed by atoms with Crippen LogP contribution in [0.3, 0.4) is 0 Å². The van der Waals surface area contributed by atoms with Gasteiger partial charge in [-0.1, -0.05) is 0 Å². The predicted octanol–water partition coefficient (Wildman–Crippen LogP) is -0.249. The van der Waals surface area contributed by atoms with Crippen LogP contribution in [-0.2, 0) is 14.3 Å². The largest absolute Gasteiger partial charge is 0.467 e. The molecule has 15 heavy (non-hydrogen) atoms. The summed E-state index contributed by atoms with van der Waals surface area (Å²) in [6.45, 7) is 2.02. The summed E-state index contributed by atoms with van der Waals surface area (Å²) in [6.07, 6.45) is -1.09. The van der Waals surface area contributed by atoms with E-state index >= 15 is 0 Å². The summed E-state index contributed by atoms with van der Waals surface area (Å²) in [6, 6.07) is -0.732. The normalized spacial score (nSPS) is 25.1. The molecule has 0 aromatic rings. The van der Waals surface area contributed by atoms with E-state index in [0.717, 1.165) is 0 Å². The van der Waals surface area contributed by atoms with Crippen LogP contribution in [0.1, 0.15) is 13.3 Å². The number of carbonyl (C=O) groups excluding carboxylic acids is 2. The second-order valence-corrected chi connectivity index (χ2v) is 3.28. The number of likely N-dealkylation sites (tertiary alicyclic amines) is 1. The van der Waals surface area contributed by atoms with Crippen LogP contribution >= 0.6 is 0 Å². The highest BCUT2D eigenvalue weighted by molar-refractivity contribution is 5.82. The molecule has 1 aliphatic heterocycles. The van der Waals surface area contributed by atoms with Gasteiger partial charge in [-0.25, -0.2) is 9.59 Å². The monoisotopic (exact) mass is 217 g/mol. The molecule has 0 saturated carbocycles. The predicted molar refractivity (Wildman–Crippen MR) is 50.2 cm³/mol. The maximum Gasteiger partial charge on any atom is 0.410 e. The molecule has 0 aliphatic carbocycles. The number of amides is 1. The highest BCUT2D eigenvalue weighted by atomic mass is 16.6. The first-order valence-corrected chi connectivity index (χ1v) is 4.79. The smallest absolute Gasteiger partial charge is 0.410 e. The van der Waals surface area contributed by atoms with Crippen molar-refractivity contribution in [3.63, 3.8) is 0 Å². The molecule has 1 heterocycles. The zero-order chi connectivity index (χ0) is 11.4. The van der Waals surface area contributed by atoms with E-state index in [1.807, 2.05) is 0 Å². The Kier molecular flexibility index (Phi) is 3.90. The lowest BCUT2D eigenvalue weighted by Gasteiger charge is -2.21. The Labute approximate surface area is 87.8 Å². The summed E-state index contributed by atoms with van der Waals surface area (Å²) in [4.78, 5) is 23.9. The van der Waals surface area contributed by atoms with E-state index in [1.54, 1.807) is 6.92 Å². The Morgan fingerprint density at radius 3 is 2.73 bits per heavy atom. The summed E-state index contributed by atoms with van der Waals surface area (Å²) < 4.78 is 9.31. The number of hydrogen-bond acceptors (Lipinski definition) is 5. The molecule has 0 aromatic carbocycles. The van der Waals surface area contributed by atoms with Crippen molar-refractivity contribution in [2.24, 2.45) is 0 Å². The van der Waals surface area contributed by atoms with Gasteiger partial charge in [0.05, 0.1) is 26.4 Å². The first kappa shape index (κ1) is 11.8. The number of esters is 1. The molecule has 1 aliphatic rings. The Morgan fingerprint density at radius 1 is 1.53 bits per heavy atom. The van der Waals surface area contributed by atoms with Gasteiger partial charge in [0.15, 0.2) is 0 Å². The van der Waals surface area contributed by atoms with Gasteiger partial charge in [0, 0.05) is 6.42 Å². The van der Waals surface area contributed by atoms with Crippen molar-refractivity contribution >= 4 is 12.1 Å². The number of aliphatic hydroxyl groups is 1. The average molecular weight is 217 g/mol. The van der Waals surface area contributed by atoms with E-state index in [-0.39, 0.29) is 19.6 Å². The van der Waals surface area contributed by atoms with Crippen molar-refractivity contribution in [2.75, 3.05) is 20.3 Å². The SMILES string of the molecule is CCOC(=O)N1C[C@H](O)C[C@@H]1C(=O)OC. The second-order valence-electron chi connectivity index (χ2n) is 3.28. The molecule has 0 unspecified atom stereocenters. The van der Waals surface area contributed by atoms with Gasteiger partial charge in [-0.05, 0) is 6.92 Å². The molecule has 6 nitrogen and oxygen atoms in total. The van der Waals surface area contributed by atoms with Crippen molar-refractivity contribution in [1.29, 1.82) is 0 Å².